The lowest BCUT2D eigenvalue weighted by Gasteiger charge is -2.47. The Bertz CT molecular complexity index is 1280. The second-order valence-corrected chi connectivity index (χ2v) is 10.2. The quantitative estimate of drug-likeness (QED) is 0.335. The van der Waals surface area contributed by atoms with E-state index in [1.165, 1.54) is 12.1 Å². The molecule has 0 atom stereocenters. The summed E-state index contributed by atoms with van der Waals surface area (Å²) in [6.45, 7) is 2.87. The first-order valence-electron chi connectivity index (χ1n) is 11.3. The van der Waals surface area contributed by atoms with Gasteiger partial charge in [-0.3, -0.25) is 9.11 Å². The van der Waals surface area contributed by atoms with Gasteiger partial charge in [0, 0.05) is 23.9 Å². The van der Waals surface area contributed by atoms with Gasteiger partial charge in [0.2, 0.25) is 5.88 Å². The van der Waals surface area contributed by atoms with E-state index in [2.05, 4.69) is 14.2 Å². The molecular formula is C24H25F3N4O4S. The number of rotatable bonds is 8. The van der Waals surface area contributed by atoms with Crippen molar-refractivity contribution in [3.05, 3.63) is 65.7 Å². The van der Waals surface area contributed by atoms with E-state index in [4.69, 9.17) is 9.47 Å². The molecule has 0 amide bonds. The van der Waals surface area contributed by atoms with E-state index in [0.717, 1.165) is 41.8 Å². The Labute approximate surface area is 207 Å². The number of nitrogens with one attached hydrogen (secondary N) is 1. The van der Waals surface area contributed by atoms with Crippen LogP contribution >= 0.6 is 11.0 Å². The molecule has 2 fully saturated rings. The topological polar surface area (TPSA) is 101 Å². The predicted octanol–water partition coefficient (Wildman–Crippen LogP) is 6.01. The Balaban J connectivity index is 1.39. The second kappa shape index (κ2) is 9.20. The van der Waals surface area contributed by atoms with Gasteiger partial charge in [-0.1, -0.05) is 18.2 Å². The smallest absolute Gasteiger partial charge is 0.416 e. The van der Waals surface area contributed by atoms with Crippen LogP contribution in [0.5, 0.6) is 11.6 Å². The highest BCUT2D eigenvalue weighted by molar-refractivity contribution is 8.21. The Morgan fingerprint density at radius 3 is 2.44 bits per heavy atom. The molecule has 0 radical (unpaired) electrons. The third-order valence-corrected chi connectivity index (χ3v) is 7.09. The molecule has 36 heavy (non-hydrogen) atoms. The summed E-state index contributed by atoms with van der Waals surface area (Å²) >= 11 is 0. The van der Waals surface area contributed by atoms with Gasteiger partial charge in [0.25, 0.3) is 0 Å². The van der Waals surface area contributed by atoms with Crippen LogP contribution in [-0.2, 0) is 23.0 Å². The van der Waals surface area contributed by atoms with Crippen LogP contribution < -0.4 is 9.46 Å². The first kappa shape index (κ1) is 24.8. The van der Waals surface area contributed by atoms with Gasteiger partial charge in [0.15, 0.2) is 0 Å². The molecule has 12 heteroatoms. The molecule has 1 saturated carbocycles. The van der Waals surface area contributed by atoms with Crippen LogP contribution in [0.25, 0.3) is 11.3 Å². The van der Waals surface area contributed by atoms with Crippen molar-refractivity contribution < 1.29 is 31.8 Å². The maximum Gasteiger partial charge on any atom is 0.416 e. The molecule has 2 aromatic carbocycles. The fourth-order valence-electron chi connectivity index (χ4n) is 3.86. The van der Waals surface area contributed by atoms with Crippen molar-refractivity contribution in [3.8, 4) is 22.9 Å². The van der Waals surface area contributed by atoms with E-state index in [1.807, 2.05) is 31.2 Å². The SMILES string of the molecule is CCn1nc(-c2cccc(C3(NS(O)(O)N=C4CC4)COC3)c2)cc1Oc1ccc(C(F)(F)F)cc1. The molecule has 8 nitrogen and oxygen atoms in total. The van der Waals surface area contributed by atoms with Crippen LogP contribution in [0, 0.1) is 0 Å². The van der Waals surface area contributed by atoms with Gasteiger partial charge in [0.1, 0.15) is 11.3 Å². The number of ether oxygens (including phenoxy) is 2. The molecule has 1 aliphatic carbocycles. The minimum absolute atomic E-state index is 0.253. The zero-order chi connectivity index (χ0) is 25.6. The normalized spacial score (nSPS) is 17.4. The highest BCUT2D eigenvalue weighted by Gasteiger charge is 2.44. The molecular weight excluding hydrogens is 497 g/mol. The van der Waals surface area contributed by atoms with E-state index < -0.39 is 28.2 Å². The maximum absolute atomic E-state index is 12.9. The lowest BCUT2D eigenvalue weighted by Crippen LogP contribution is -2.57. The van der Waals surface area contributed by atoms with Crippen LogP contribution in [0.1, 0.15) is 30.9 Å². The van der Waals surface area contributed by atoms with Crippen LogP contribution in [0.2, 0.25) is 0 Å². The molecule has 0 bridgehead atoms. The molecule has 0 spiro atoms. The highest BCUT2D eigenvalue weighted by Crippen LogP contribution is 2.46. The van der Waals surface area contributed by atoms with Crippen molar-refractivity contribution in [3.63, 3.8) is 0 Å². The lowest BCUT2D eigenvalue weighted by molar-refractivity contribution is -0.137. The Morgan fingerprint density at radius 1 is 1.14 bits per heavy atom. The fraction of sp³-hybridized carbons (Fsp3) is 0.333. The largest absolute Gasteiger partial charge is 0.439 e. The summed E-state index contributed by atoms with van der Waals surface area (Å²) in [6.07, 6.45) is -2.88. The Hall–Kier alpha value is -2.90. The van der Waals surface area contributed by atoms with Gasteiger partial charge >= 0.3 is 6.18 Å². The number of nitrogens with zero attached hydrogens (tertiary/aromatic N) is 3. The molecule has 3 N–H and O–H groups in total. The molecule has 2 aliphatic rings. The van der Waals surface area contributed by atoms with Gasteiger partial charge in [0.05, 0.1) is 24.5 Å². The first-order chi connectivity index (χ1) is 17.1. The number of hydrogen-bond donors (Lipinski definition) is 3. The Kier molecular flexibility index (Phi) is 6.33. The molecule has 5 rings (SSSR count). The van der Waals surface area contributed by atoms with E-state index in [-0.39, 0.29) is 19.0 Å². The van der Waals surface area contributed by atoms with Crippen molar-refractivity contribution in [1.29, 1.82) is 0 Å². The van der Waals surface area contributed by atoms with Gasteiger partial charge < -0.3 is 9.47 Å². The van der Waals surface area contributed by atoms with Crippen molar-refractivity contribution >= 4 is 16.7 Å². The van der Waals surface area contributed by atoms with Crippen molar-refractivity contribution in [1.82, 2.24) is 14.5 Å². The van der Waals surface area contributed by atoms with Gasteiger partial charge in [-0.15, -0.1) is 0 Å². The lowest BCUT2D eigenvalue weighted by atomic mass is 9.88. The molecule has 192 valence electrons. The van der Waals surface area contributed by atoms with E-state index in [1.54, 1.807) is 10.7 Å². The van der Waals surface area contributed by atoms with Crippen molar-refractivity contribution in [2.75, 3.05) is 13.2 Å². The summed E-state index contributed by atoms with van der Waals surface area (Å²) in [5, 5.41) is 4.59. The minimum atomic E-state index is -4.42. The van der Waals surface area contributed by atoms with Gasteiger partial charge in [-0.2, -0.15) is 27.4 Å². The average Bonchev–Trinajstić information content (AvgIpc) is 3.51. The third kappa shape index (κ3) is 5.27. The summed E-state index contributed by atoms with van der Waals surface area (Å²) in [6, 6.07) is 13.7. The predicted molar refractivity (Wildman–Crippen MR) is 130 cm³/mol. The summed E-state index contributed by atoms with van der Waals surface area (Å²) in [4.78, 5) is 0. The number of aromatic nitrogens is 2. The molecule has 1 saturated heterocycles. The van der Waals surface area contributed by atoms with Crippen LogP contribution in [0.3, 0.4) is 0 Å². The van der Waals surface area contributed by atoms with Crippen LogP contribution in [0.15, 0.2) is 59.0 Å². The summed E-state index contributed by atoms with van der Waals surface area (Å²) in [7, 11) is -3.37. The van der Waals surface area contributed by atoms with Crippen LogP contribution in [0.4, 0.5) is 13.2 Å². The van der Waals surface area contributed by atoms with Gasteiger partial charge in [-0.25, -0.2) is 4.68 Å². The molecule has 0 unspecified atom stereocenters. The number of hydrogen-bond acceptors (Lipinski definition) is 7. The summed E-state index contributed by atoms with van der Waals surface area (Å²) in [5.74, 6) is 0.641. The van der Waals surface area contributed by atoms with Gasteiger partial charge in [-0.05, 0) is 66.6 Å². The van der Waals surface area contributed by atoms with E-state index in [9.17, 15) is 22.3 Å². The molecule has 1 aliphatic heterocycles. The summed E-state index contributed by atoms with van der Waals surface area (Å²) in [5.41, 5.74) is 1.37. The molecule has 3 aromatic rings. The average molecular weight is 523 g/mol. The van der Waals surface area contributed by atoms with Crippen LogP contribution in [-0.4, -0.2) is 37.8 Å². The minimum Gasteiger partial charge on any atom is -0.439 e. The molecule has 1 aromatic heterocycles. The maximum atomic E-state index is 12.9. The number of alkyl halides is 3. The highest BCUT2D eigenvalue weighted by atomic mass is 32.3. The Morgan fingerprint density at radius 2 is 1.86 bits per heavy atom. The third-order valence-electron chi connectivity index (χ3n) is 5.92. The first-order valence-corrected chi connectivity index (χ1v) is 12.8. The second-order valence-electron chi connectivity index (χ2n) is 8.74. The summed E-state index contributed by atoms with van der Waals surface area (Å²) < 4.78 is 79.2. The zero-order valence-electron chi connectivity index (χ0n) is 19.3. The standard InChI is InChI=1S/C24H25F3N4O4S/c1-2-31-22(35-20-10-6-17(7-11-20)24(25,26)27)13-21(28-31)16-4-3-5-18(12-16)23(14-34-15-23)30-36(32,33)29-19-8-9-19/h3-7,10-13,30,32-33H,2,8-9,14-15H2,1H3. The number of aryl methyl sites for hydroxylation is 1. The van der Waals surface area contributed by atoms with E-state index >= 15 is 0 Å². The van der Waals surface area contributed by atoms with Crippen molar-refractivity contribution in [2.24, 2.45) is 4.40 Å². The number of benzene rings is 2. The van der Waals surface area contributed by atoms with Crippen molar-refractivity contribution in [2.45, 2.75) is 38.0 Å². The number of halogens is 3. The molecule has 2 heterocycles. The fourth-order valence-corrected chi connectivity index (χ4v) is 5.21. The monoisotopic (exact) mass is 522 g/mol. The zero-order valence-corrected chi connectivity index (χ0v) is 20.1. The van der Waals surface area contributed by atoms with E-state index in [0.29, 0.717) is 18.1 Å².